The lowest BCUT2D eigenvalue weighted by Crippen LogP contribution is -2.07. The summed E-state index contributed by atoms with van der Waals surface area (Å²) < 4.78 is 0. The number of aromatic carboxylic acids is 1. The van der Waals surface area contributed by atoms with Gasteiger partial charge in [0, 0.05) is 24.3 Å². The van der Waals surface area contributed by atoms with Gasteiger partial charge in [0.05, 0.1) is 5.52 Å². The SMILES string of the molecule is O=C(O)c1ccnc(NCc2ccc3cccnc3c2)n1. The molecule has 0 spiro atoms. The topological polar surface area (TPSA) is 88.0 Å². The maximum absolute atomic E-state index is 10.8. The fourth-order valence-electron chi connectivity index (χ4n) is 1.97. The number of rotatable bonds is 4. The molecule has 2 aromatic heterocycles. The summed E-state index contributed by atoms with van der Waals surface area (Å²) in [6.07, 6.45) is 3.17. The molecule has 3 aromatic rings. The van der Waals surface area contributed by atoms with Crippen molar-refractivity contribution in [1.82, 2.24) is 15.0 Å². The second kappa shape index (κ2) is 5.54. The van der Waals surface area contributed by atoms with Gasteiger partial charge in [-0.15, -0.1) is 0 Å². The highest BCUT2D eigenvalue weighted by molar-refractivity contribution is 5.85. The number of hydrogen-bond acceptors (Lipinski definition) is 5. The van der Waals surface area contributed by atoms with Crippen LogP contribution in [0.4, 0.5) is 5.95 Å². The fourth-order valence-corrected chi connectivity index (χ4v) is 1.97. The fraction of sp³-hybridized carbons (Fsp3) is 0.0667. The van der Waals surface area contributed by atoms with Crippen LogP contribution in [0, 0.1) is 0 Å². The molecule has 0 amide bonds. The molecule has 0 radical (unpaired) electrons. The van der Waals surface area contributed by atoms with Crippen molar-refractivity contribution in [2.75, 3.05) is 5.32 Å². The van der Waals surface area contributed by atoms with Gasteiger partial charge in [0.1, 0.15) is 0 Å². The van der Waals surface area contributed by atoms with E-state index in [1.165, 1.54) is 12.3 Å². The molecular weight excluding hydrogens is 268 g/mol. The molecule has 104 valence electrons. The van der Waals surface area contributed by atoms with Gasteiger partial charge in [-0.1, -0.05) is 18.2 Å². The van der Waals surface area contributed by atoms with Gasteiger partial charge >= 0.3 is 5.97 Å². The average Bonchev–Trinajstić information content (AvgIpc) is 2.53. The van der Waals surface area contributed by atoms with Crippen molar-refractivity contribution in [1.29, 1.82) is 0 Å². The summed E-state index contributed by atoms with van der Waals surface area (Å²) in [6, 6.07) is 11.2. The third-order valence-electron chi connectivity index (χ3n) is 3.00. The molecule has 3 rings (SSSR count). The Bertz CT molecular complexity index is 804. The minimum atomic E-state index is -1.07. The number of anilines is 1. The summed E-state index contributed by atoms with van der Waals surface area (Å²) in [7, 11) is 0. The standard InChI is InChI=1S/C15H12N4O2/c20-14(21)12-5-7-17-15(19-12)18-9-10-3-4-11-2-1-6-16-13(11)8-10/h1-8H,9H2,(H,20,21)(H,17,18,19). The van der Waals surface area contributed by atoms with E-state index in [2.05, 4.69) is 20.3 Å². The van der Waals surface area contributed by atoms with E-state index in [1.807, 2.05) is 30.3 Å². The Kier molecular flexibility index (Phi) is 3.42. The Morgan fingerprint density at radius 1 is 1.14 bits per heavy atom. The second-order valence-electron chi connectivity index (χ2n) is 4.45. The zero-order valence-corrected chi connectivity index (χ0v) is 11.0. The van der Waals surface area contributed by atoms with Crippen molar-refractivity contribution >= 4 is 22.8 Å². The molecule has 6 heteroatoms. The third kappa shape index (κ3) is 2.94. The van der Waals surface area contributed by atoms with Crippen LogP contribution in [0.2, 0.25) is 0 Å². The molecule has 0 unspecified atom stereocenters. The van der Waals surface area contributed by atoms with Crippen molar-refractivity contribution in [2.45, 2.75) is 6.54 Å². The molecule has 21 heavy (non-hydrogen) atoms. The lowest BCUT2D eigenvalue weighted by Gasteiger charge is -2.06. The van der Waals surface area contributed by atoms with Gasteiger partial charge in [-0.05, 0) is 23.8 Å². The first-order chi connectivity index (χ1) is 10.2. The lowest BCUT2D eigenvalue weighted by atomic mass is 10.1. The molecule has 0 atom stereocenters. The number of aromatic nitrogens is 3. The highest BCUT2D eigenvalue weighted by atomic mass is 16.4. The first-order valence-corrected chi connectivity index (χ1v) is 6.36. The van der Waals surface area contributed by atoms with Crippen LogP contribution in [0.1, 0.15) is 16.1 Å². The minimum absolute atomic E-state index is 0.0346. The van der Waals surface area contributed by atoms with Crippen molar-refractivity contribution in [3.63, 3.8) is 0 Å². The number of nitrogens with zero attached hydrogens (tertiary/aromatic N) is 3. The van der Waals surface area contributed by atoms with Crippen molar-refractivity contribution in [2.24, 2.45) is 0 Å². The highest BCUT2D eigenvalue weighted by Crippen LogP contribution is 2.14. The molecule has 1 aromatic carbocycles. The van der Waals surface area contributed by atoms with E-state index >= 15 is 0 Å². The van der Waals surface area contributed by atoms with E-state index in [-0.39, 0.29) is 11.6 Å². The Morgan fingerprint density at radius 2 is 2.05 bits per heavy atom. The van der Waals surface area contributed by atoms with E-state index in [9.17, 15) is 4.79 Å². The Morgan fingerprint density at radius 3 is 2.90 bits per heavy atom. The van der Waals surface area contributed by atoms with Gasteiger partial charge in [-0.25, -0.2) is 14.8 Å². The number of carbonyl (C=O) groups is 1. The summed E-state index contributed by atoms with van der Waals surface area (Å²) in [4.78, 5) is 23.1. The first kappa shape index (κ1) is 13.0. The molecule has 0 fully saturated rings. The van der Waals surface area contributed by atoms with Gasteiger partial charge in [0.2, 0.25) is 5.95 Å². The summed E-state index contributed by atoms with van der Waals surface area (Å²) in [5, 5.41) is 13.0. The zero-order valence-electron chi connectivity index (χ0n) is 11.0. The average molecular weight is 280 g/mol. The minimum Gasteiger partial charge on any atom is -0.477 e. The summed E-state index contributed by atoms with van der Waals surface area (Å²) in [6.45, 7) is 0.496. The van der Waals surface area contributed by atoms with Crippen molar-refractivity contribution in [3.05, 3.63) is 60.0 Å². The van der Waals surface area contributed by atoms with Crippen LogP contribution in [-0.4, -0.2) is 26.0 Å². The lowest BCUT2D eigenvalue weighted by molar-refractivity contribution is 0.0690. The normalized spacial score (nSPS) is 10.5. The van der Waals surface area contributed by atoms with Crippen LogP contribution in [0.15, 0.2) is 48.8 Å². The predicted molar refractivity (Wildman–Crippen MR) is 78.1 cm³/mol. The molecule has 0 aliphatic heterocycles. The second-order valence-corrected chi connectivity index (χ2v) is 4.45. The van der Waals surface area contributed by atoms with E-state index in [0.717, 1.165) is 16.5 Å². The number of fused-ring (bicyclic) bond motifs is 1. The number of carboxylic acid groups (broad SMARTS) is 1. The predicted octanol–water partition coefficient (Wildman–Crippen LogP) is 2.34. The molecule has 0 aliphatic carbocycles. The number of carboxylic acids is 1. The molecule has 0 saturated carbocycles. The number of benzene rings is 1. The molecule has 6 nitrogen and oxygen atoms in total. The van der Waals surface area contributed by atoms with E-state index < -0.39 is 5.97 Å². The molecule has 0 saturated heterocycles. The summed E-state index contributed by atoms with van der Waals surface area (Å²) >= 11 is 0. The molecule has 2 heterocycles. The van der Waals surface area contributed by atoms with E-state index in [1.54, 1.807) is 6.20 Å². The summed E-state index contributed by atoms with van der Waals surface area (Å²) in [5.41, 5.74) is 1.90. The van der Waals surface area contributed by atoms with Crippen LogP contribution in [0.5, 0.6) is 0 Å². The zero-order chi connectivity index (χ0) is 14.7. The van der Waals surface area contributed by atoms with Crippen molar-refractivity contribution < 1.29 is 9.90 Å². The van der Waals surface area contributed by atoms with Crippen LogP contribution in [0.25, 0.3) is 10.9 Å². The third-order valence-corrected chi connectivity index (χ3v) is 3.00. The molecule has 2 N–H and O–H groups in total. The number of pyridine rings is 1. The maximum atomic E-state index is 10.8. The smallest absolute Gasteiger partial charge is 0.354 e. The molecular formula is C15H12N4O2. The largest absolute Gasteiger partial charge is 0.477 e. The van der Waals surface area contributed by atoms with E-state index in [4.69, 9.17) is 5.11 Å². The van der Waals surface area contributed by atoms with Crippen molar-refractivity contribution in [3.8, 4) is 0 Å². The Balaban J connectivity index is 1.77. The van der Waals surface area contributed by atoms with Gasteiger partial charge in [0.25, 0.3) is 0 Å². The summed E-state index contributed by atoms with van der Waals surface area (Å²) in [5.74, 6) is -0.786. The van der Waals surface area contributed by atoms with Crippen LogP contribution < -0.4 is 5.32 Å². The molecule has 0 bridgehead atoms. The highest BCUT2D eigenvalue weighted by Gasteiger charge is 2.06. The molecule has 0 aliphatic rings. The Hall–Kier alpha value is -3.02. The van der Waals surface area contributed by atoms with Gasteiger partial charge in [0.15, 0.2) is 5.69 Å². The van der Waals surface area contributed by atoms with Gasteiger partial charge in [-0.2, -0.15) is 0 Å². The monoisotopic (exact) mass is 280 g/mol. The van der Waals surface area contributed by atoms with Crippen LogP contribution in [0.3, 0.4) is 0 Å². The van der Waals surface area contributed by atoms with Crippen LogP contribution in [-0.2, 0) is 6.54 Å². The number of hydrogen-bond donors (Lipinski definition) is 2. The Labute approximate surface area is 120 Å². The quantitative estimate of drug-likeness (QED) is 0.762. The first-order valence-electron chi connectivity index (χ1n) is 6.36. The van der Waals surface area contributed by atoms with E-state index in [0.29, 0.717) is 6.54 Å². The van der Waals surface area contributed by atoms with Crippen LogP contribution >= 0.6 is 0 Å². The number of nitrogens with one attached hydrogen (secondary N) is 1. The van der Waals surface area contributed by atoms with Gasteiger partial charge < -0.3 is 10.4 Å². The van der Waals surface area contributed by atoms with Gasteiger partial charge in [-0.3, -0.25) is 4.98 Å². The maximum Gasteiger partial charge on any atom is 0.354 e.